The van der Waals surface area contributed by atoms with Crippen molar-refractivity contribution in [2.45, 2.75) is 31.1 Å². The van der Waals surface area contributed by atoms with Gasteiger partial charge >= 0.3 is 0 Å². The zero-order chi connectivity index (χ0) is 12.7. The van der Waals surface area contributed by atoms with Crippen LogP contribution in [0.3, 0.4) is 0 Å². The van der Waals surface area contributed by atoms with E-state index in [2.05, 4.69) is 12.1 Å². The highest BCUT2D eigenvalue weighted by atomic mass is 35.5. The molecule has 0 unspecified atom stereocenters. The smallest absolute Gasteiger partial charge is 0.171 e. The van der Waals surface area contributed by atoms with E-state index in [1.165, 1.54) is 19.3 Å². The van der Waals surface area contributed by atoms with Gasteiger partial charge in [0.1, 0.15) is 0 Å². The Morgan fingerprint density at radius 3 is 2.88 bits per heavy atom. The fourth-order valence-electron chi connectivity index (χ4n) is 1.42. The lowest BCUT2D eigenvalue weighted by atomic mass is 10.2. The number of benzene rings is 1. The van der Waals surface area contributed by atoms with Gasteiger partial charge in [0.25, 0.3) is 0 Å². The molecule has 0 saturated carbocycles. The molecule has 3 N–H and O–H groups in total. The Bertz CT molecular complexity index is 396. The number of unbranched alkanes of at least 4 members (excludes halogenated alkanes) is 2. The Morgan fingerprint density at radius 1 is 1.47 bits per heavy atom. The van der Waals surface area contributed by atoms with Crippen LogP contribution in [-0.4, -0.2) is 16.8 Å². The van der Waals surface area contributed by atoms with Crippen LogP contribution in [0.2, 0.25) is 5.02 Å². The first-order chi connectivity index (χ1) is 8.19. The van der Waals surface area contributed by atoms with Gasteiger partial charge in [0.15, 0.2) is 5.84 Å². The van der Waals surface area contributed by atoms with E-state index < -0.39 is 0 Å². The SMILES string of the molecule is CCCCCSc1ccc(Cl)cc1/C(N)=N/O. The standard InChI is InChI=1S/C12H17ClN2OS/c1-2-3-4-7-17-11-6-5-9(13)8-10(11)12(14)15-16/h5-6,8,16H,2-4,7H2,1H3,(H2,14,15). The van der Waals surface area contributed by atoms with Crippen molar-refractivity contribution in [3.8, 4) is 0 Å². The van der Waals surface area contributed by atoms with Crippen molar-refractivity contribution >= 4 is 29.2 Å². The Kier molecular flexibility index (Phi) is 6.22. The highest BCUT2D eigenvalue weighted by Gasteiger charge is 2.08. The zero-order valence-electron chi connectivity index (χ0n) is 9.82. The maximum absolute atomic E-state index is 8.72. The van der Waals surface area contributed by atoms with Gasteiger partial charge in [-0.15, -0.1) is 11.8 Å². The summed E-state index contributed by atoms with van der Waals surface area (Å²) >= 11 is 7.61. The molecule has 0 aliphatic carbocycles. The van der Waals surface area contributed by atoms with E-state index in [9.17, 15) is 0 Å². The number of hydrogen-bond donors (Lipinski definition) is 2. The molecule has 0 aliphatic rings. The van der Waals surface area contributed by atoms with Gasteiger partial charge in [0.05, 0.1) is 0 Å². The number of amidine groups is 1. The average Bonchev–Trinajstić information content (AvgIpc) is 2.35. The van der Waals surface area contributed by atoms with E-state index in [0.29, 0.717) is 10.6 Å². The maximum Gasteiger partial charge on any atom is 0.171 e. The maximum atomic E-state index is 8.72. The summed E-state index contributed by atoms with van der Waals surface area (Å²) in [6, 6.07) is 5.45. The van der Waals surface area contributed by atoms with Gasteiger partial charge in [-0.1, -0.05) is 36.5 Å². The molecule has 0 atom stereocenters. The van der Waals surface area contributed by atoms with E-state index in [1.807, 2.05) is 12.1 Å². The van der Waals surface area contributed by atoms with Crippen LogP contribution in [0.25, 0.3) is 0 Å². The highest BCUT2D eigenvalue weighted by Crippen LogP contribution is 2.26. The third kappa shape index (κ3) is 4.48. The summed E-state index contributed by atoms with van der Waals surface area (Å²) in [4.78, 5) is 1.00. The van der Waals surface area contributed by atoms with Gasteiger partial charge in [-0.05, 0) is 30.4 Å². The summed E-state index contributed by atoms with van der Waals surface area (Å²) in [7, 11) is 0. The molecule has 0 amide bonds. The molecule has 0 bridgehead atoms. The Morgan fingerprint density at radius 2 is 2.24 bits per heavy atom. The second kappa shape index (κ2) is 7.45. The quantitative estimate of drug-likeness (QED) is 0.207. The first-order valence-corrected chi connectivity index (χ1v) is 6.95. The van der Waals surface area contributed by atoms with Crippen LogP contribution in [0, 0.1) is 0 Å². The van der Waals surface area contributed by atoms with Crippen LogP contribution in [0.15, 0.2) is 28.3 Å². The second-order valence-corrected chi connectivity index (χ2v) is 5.25. The predicted octanol–water partition coefficient (Wildman–Crippen LogP) is 3.72. The molecular formula is C12H17ClN2OS. The average molecular weight is 273 g/mol. The zero-order valence-corrected chi connectivity index (χ0v) is 11.4. The van der Waals surface area contributed by atoms with Crippen molar-refractivity contribution < 1.29 is 5.21 Å². The number of halogens is 1. The minimum absolute atomic E-state index is 0.102. The van der Waals surface area contributed by atoms with Gasteiger partial charge < -0.3 is 10.9 Å². The molecule has 17 heavy (non-hydrogen) atoms. The van der Waals surface area contributed by atoms with E-state index in [-0.39, 0.29) is 5.84 Å². The number of thioether (sulfide) groups is 1. The summed E-state index contributed by atoms with van der Waals surface area (Å²) in [5.74, 6) is 1.13. The molecule has 0 saturated heterocycles. The summed E-state index contributed by atoms with van der Waals surface area (Å²) < 4.78 is 0. The largest absolute Gasteiger partial charge is 0.409 e. The molecule has 1 aromatic rings. The lowest BCUT2D eigenvalue weighted by Gasteiger charge is -2.08. The molecule has 1 aromatic carbocycles. The van der Waals surface area contributed by atoms with E-state index in [1.54, 1.807) is 17.8 Å². The Hall–Kier alpha value is -0.870. The van der Waals surface area contributed by atoms with Crippen molar-refractivity contribution in [2.75, 3.05) is 5.75 Å². The van der Waals surface area contributed by atoms with Crippen LogP contribution in [0.1, 0.15) is 31.7 Å². The Balaban J connectivity index is 2.76. The third-order valence-corrected chi connectivity index (χ3v) is 3.73. The number of nitrogens with zero attached hydrogens (tertiary/aromatic N) is 1. The molecule has 0 aromatic heterocycles. The van der Waals surface area contributed by atoms with Gasteiger partial charge in [-0.2, -0.15) is 0 Å². The van der Waals surface area contributed by atoms with Crippen molar-refractivity contribution in [2.24, 2.45) is 10.9 Å². The summed E-state index contributed by atoms with van der Waals surface area (Å²) in [5, 5.41) is 12.3. The molecule has 94 valence electrons. The van der Waals surface area contributed by atoms with Crippen LogP contribution < -0.4 is 5.73 Å². The molecule has 0 heterocycles. The van der Waals surface area contributed by atoms with Crippen LogP contribution in [0.4, 0.5) is 0 Å². The van der Waals surface area contributed by atoms with Crippen molar-refractivity contribution in [1.29, 1.82) is 0 Å². The summed E-state index contributed by atoms with van der Waals surface area (Å²) in [6.07, 6.45) is 3.59. The van der Waals surface area contributed by atoms with E-state index in [4.69, 9.17) is 22.5 Å². The molecule has 0 aliphatic heterocycles. The summed E-state index contributed by atoms with van der Waals surface area (Å²) in [5.41, 5.74) is 6.32. The molecule has 0 spiro atoms. The molecule has 3 nitrogen and oxygen atoms in total. The van der Waals surface area contributed by atoms with E-state index in [0.717, 1.165) is 10.6 Å². The predicted molar refractivity (Wildman–Crippen MR) is 74.2 cm³/mol. The molecule has 0 fully saturated rings. The monoisotopic (exact) mass is 272 g/mol. The lowest BCUT2D eigenvalue weighted by Crippen LogP contribution is -2.14. The van der Waals surface area contributed by atoms with Crippen molar-refractivity contribution in [3.63, 3.8) is 0 Å². The molecule has 0 radical (unpaired) electrons. The Labute approximate surface area is 111 Å². The molecule has 5 heteroatoms. The van der Waals surface area contributed by atoms with Crippen LogP contribution >= 0.6 is 23.4 Å². The fraction of sp³-hybridized carbons (Fsp3) is 0.417. The van der Waals surface area contributed by atoms with Gasteiger partial charge in [0.2, 0.25) is 0 Å². The van der Waals surface area contributed by atoms with Crippen molar-refractivity contribution in [3.05, 3.63) is 28.8 Å². The van der Waals surface area contributed by atoms with Crippen molar-refractivity contribution in [1.82, 2.24) is 0 Å². The normalized spacial score (nSPS) is 11.8. The number of rotatable bonds is 6. The third-order valence-electron chi connectivity index (χ3n) is 2.33. The topological polar surface area (TPSA) is 58.6 Å². The number of oxime groups is 1. The first-order valence-electron chi connectivity index (χ1n) is 5.59. The molecular weight excluding hydrogens is 256 g/mol. The minimum atomic E-state index is 0.102. The van der Waals surface area contributed by atoms with Gasteiger partial charge in [-0.3, -0.25) is 0 Å². The first kappa shape index (κ1) is 14.2. The van der Waals surface area contributed by atoms with E-state index >= 15 is 0 Å². The summed E-state index contributed by atoms with van der Waals surface area (Å²) in [6.45, 7) is 2.18. The minimum Gasteiger partial charge on any atom is -0.409 e. The fourth-order valence-corrected chi connectivity index (χ4v) is 2.64. The van der Waals surface area contributed by atoms with Crippen LogP contribution in [-0.2, 0) is 0 Å². The van der Waals surface area contributed by atoms with Gasteiger partial charge in [0, 0.05) is 15.5 Å². The lowest BCUT2D eigenvalue weighted by molar-refractivity contribution is 0.318. The van der Waals surface area contributed by atoms with Gasteiger partial charge in [-0.25, -0.2) is 0 Å². The second-order valence-electron chi connectivity index (χ2n) is 3.68. The number of hydrogen-bond acceptors (Lipinski definition) is 3. The highest BCUT2D eigenvalue weighted by molar-refractivity contribution is 7.99. The van der Waals surface area contributed by atoms with Crippen LogP contribution in [0.5, 0.6) is 0 Å². The molecule has 1 rings (SSSR count). The number of nitrogens with two attached hydrogens (primary N) is 1.